The number of pyridine rings is 1. The monoisotopic (exact) mass is 281 g/mol. The maximum absolute atomic E-state index is 5.84. The van der Waals surface area contributed by atoms with E-state index >= 15 is 0 Å². The van der Waals surface area contributed by atoms with Crippen LogP contribution in [0.4, 0.5) is 0 Å². The average Bonchev–Trinajstić information content (AvgIpc) is 2.89. The maximum Gasteiger partial charge on any atom is 0.0884 e. The van der Waals surface area contributed by atoms with Crippen molar-refractivity contribution < 1.29 is 0 Å². The largest absolute Gasteiger partial charge is 0.271 e. The number of nitrogens with one attached hydrogen (secondary N) is 1. The number of aromatic nitrogens is 3. The zero-order chi connectivity index (χ0) is 14.8. The van der Waals surface area contributed by atoms with Crippen molar-refractivity contribution in [3.63, 3.8) is 0 Å². The van der Waals surface area contributed by atoms with Crippen LogP contribution >= 0.6 is 0 Å². The predicted molar refractivity (Wildman–Crippen MR) is 83.5 cm³/mol. The second-order valence-corrected chi connectivity index (χ2v) is 5.08. The topological polar surface area (TPSA) is 68.8 Å². The first-order valence-corrected chi connectivity index (χ1v) is 7.06. The summed E-state index contributed by atoms with van der Waals surface area (Å²) in [5.74, 6) is 5.84. The molecule has 3 N–H and O–H groups in total. The molecule has 0 saturated heterocycles. The predicted octanol–water partition coefficient (Wildman–Crippen LogP) is 2.08. The van der Waals surface area contributed by atoms with Gasteiger partial charge in [0.1, 0.15) is 0 Å². The van der Waals surface area contributed by atoms with Crippen LogP contribution in [0.5, 0.6) is 0 Å². The van der Waals surface area contributed by atoms with Gasteiger partial charge in [-0.05, 0) is 29.5 Å². The van der Waals surface area contributed by atoms with Crippen LogP contribution in [0.3, 0.4) is 0 Å². The highest BCUT2D eigenvalue weighted by Gasteiger charge is 2.19. The minimum atomic E-state index is -0.103. The molecule has 2 heterocycles. The molecular weight excluding hydrogens is 262 g/mol. The summed E-state index contributed by atoms with van der Waals surface area (Å²) in [7, 11) is 1.95. The van der Waals surface area contributed by atoms with Crippen LogP contribution in [0.2, 0.25) is 0 Å². The molecule has 3 aromatic rings. The molecule has 5 heteroatoms. The number of nitrogens with zero attached hydrogens (tertiary/aromatic N) is 3. The lowest BCUT2D eigenvalue weighted by atomic mass is 9.98. The highest BCUT2D eigenvalue weighted by atomic mass is 15.3. The third-order valence-corrected chi connectivity index (χ3v) is 3.82. The minimum Gasteiger partial charge on any atom is -0.271 e. The third-order valence-electron chi connectivity index (χ3n) is 3.82. The van der Waals surface area contributed by atoms with Crippen LogP contribution in [0.15, 0.2) is 42.7 Å². The number of aryl methyl sites for hydroxylation is 2. The second kappa shape index (κ2) is 5.63. The molecule has 1 aromatic carbocycles. The van der Waals surface area contributed by atoms with Crippen molar-refractivity contribution in [3.05, 3.63) is 59.7 Å². The first-order chi connectivity index (χ1) is 10.2. The molecule has 0 amide bonds. The number of benzene rings is 1. The summed E-state index contributed by atoms with van der Waals surface area (Å²) in [5.41, 5.74) is 6.17. The number of hydrogen-bond acceptors (Lipinski definition) is 4. The van der Waals surface area contributed by atoms with E-state index in [4.69, 9.17) is 5.84 Å². The Labute approximate surface area is 123 Å². The molecule has 3 rings (SSSR count). The van der Waals surface area contributed by atoms with Gasteiger partial charge in [-0.15, -0.1) is 0 Å². The molecule has 0 bridgehead atoms. The minimum absolute atomic E-state index is 0.103. The Morgan fingerprint density at radius 2 is 2.19 bits per heavy atom. The van der Waals surface area contributed by atoms with E-state index in [0.29, 0.717) is 0 Å². The Hall–Kier alpha value is -2.24. The Morgan fingerprint density at radius 1 is 1.33 bits per heavy atom. The standard InChI is InChI=1S/C16H19N5/c1-3-12-9-15(21(2)20-12)16(19-17)14-6-4-5-11-10-18-8-7-13(11)14/h4-10,16,19H,3,17H2,1-2H3. The number of hydrazine groups is 1. The molecule has 0 aliphatic rings. The van der Waals surface area contributed by atoms with E-state index in [1.807, 2.05) is 30.1 Å². The molecule has 0 aliphatic carbocycles. The van der Waals surface area contributed by atoms with Gasteiger partial charge in [0.2, 0.25) is 0 Å². The number of hydrogen-bond donors (Lipinski definition) is 2. The van der Waals surface area contributed by atoms with E-state index in [1.165, 1.54) is 0 Å². The van der Waals surface area contributed by atoms with Gasteiger partial charge in [-0.25, -0.2) is 5.43 Å². The summed E-state index contributed by atoms with van der Waals surface area (Å²) in [6, 6.07) is 10.2. The highest BCUT2D eigenvalue weighted by Crippen LogP contribution is 2.28. The van der Waals surface area contributed by atoms with Crippen LogP contribution in [0.25, 0.3) is 10.8 Å². The quantitative estimate of drug-likeness (QED) is 0.567. The maximum atomic E-state index is 5.84. The van der Waals surface area contributed by atoms with Gasteiger partial charge in [0, 0.05) is 24.8 Å². The zero-order valence-corrected chi connectivity index (χ0v) is 12.2. The molecule has 21 heavy (non-hydrogen) atoms. The fourth-order valence-corrected chi connectivity index (χ4v) is 2.72. The van der Waals surface area contributed by atoms with Crippen molar-refractivity contribution in [2.75, 3.05) is 0 Å². The van der Waals surface area contributed by atoms with E-state index in [1.54, 1.807) is 6.20 Å². The Bertz CT molecular complexity index is 757. The molecule has 1 atom stereocenters. The van der Waals surface area contributed by atoms with Crippen LogP contribution in [0.1, 0.15) is 29.9 Å². The van der Waals surface area contributed by atoms with Gasteiger partial charge in [-0.2, -0.15) is 5.10 Å². The van der Waals surface area contributed by atoms with Gasteiger partial charge in [-0.3, -0.25) is 15.5 Å². The van der Waals surface area contributed by atoms with Crippen molar-refractivity contribution in [2.45, 2.75) is 19.4 Å². The molecule has 2 aromatic heterocycles. The summed E-state index contributed by atoms with van der Waals surface area (Å²) in [6.45, 7) is 2.10. The van der Waals surface area contributed by atoms with E-state index in [-0.39, 0.29) is 6.04 Å². The van der Waals surface area contributed by atoms with Gasteiger partial charge in [0.05, 0.1) is 17.4 Å². The SMILES string of the molecule is CCc1cc(C(NN)c2cccc3cnccc23)n(C)n1. The van der Waals surface area contributed by atoms with Gasteiger partial charge >= 0.3 is 0 Å². The molecule has 108 valence electrons. The first kappa shape index (κ1) is 13.7. The molecule has 5 nitrogen and oxygen atoms in total. The molecule has 0 radical (unpaired) electrons. The fourth-order valence-electron chi connectivity index (χ4n) is 2.72. The smallest absolute Gasteiger partial charge is 0.0884 e. The molecular formula is C16H19N5. The van der Waals surface area contributed by atoms with Crippen LogP contribution < -0.4 is 11.3 Å². The van der Waals surface area contributed by atoms with Crippen molar-refractivity contribution in [1.82, 2.24) is 20.2 Å². The van der Waals surface area contributed by atoms with E-state index in [2.05, 4.69) is 40.6 Å². The van der Waals surface area contributed by atoms with E-state index < -0.39 is 0 Å². The summed E-state index contributed by atoms with van der Waals surface area (Å²) >= 11 is 0. The van der Waals surface area contributed by atoms with Crippen LogP contribution in [-0.4, -0.2) is 14.8 Å². The number of nitrogens with two attached hydrogens (primary N) is 1. The Balaban J connectivity index is 2.16. The molecule has 0 saturated carbocycles. The van der Waals surface area contributed by atoms with Crippen molar-refractivity contribution in [2.24, 2.45) is 12.9 Å². The number of fused-ring (bicyclic) bond motifs is 1. The van der Waals surface area contributed by atoms with Gasteiger partial charge < -0.3 is 0 Å². The molecule has 0 fully saturated rings. The first-order valence-electron chi connectivity index (χ1n) is 7.06. The lowest BCUT2D eigenvalue weighted by Gasteiger charge is -2.18. The summed E-state index contributed by atoms with van der Waals surface area (Å²) in [5, 5.41) is 6.76. The fraction of sp³-hybridized carbons (Fsp3) is 0.250. The highest BCUT2D eigenvalue weighted by molar-refractivity contribution is 5.85. The molecule has 0 aliphatic heterocycles. The van der Waals surface area contributed by atoms with Crippen LogP contribution in [-0.2, 0) is 13.5 Å². The average molecular weight is 281 g/mol. The summed E-state index contributed by atoms with van der Waals surface area (Å²) in [6.07, 6.45) is 4.58. The lowest BCUT2D eigenvalue weighted by Crippen LogP contribution is -2.30. The third kappa shape index (κ3) is 2.41. The normalized spacial score (nSPS) is 12.7. The van der Waals surface area contributed by atoms with E-state index in [0.717, 1.165) is 34.1 Å². The van der Waals surface area contributed by atoms with Crippen molar-refractivity contribution in [3.8, 4) is 0 Å². The Morgan fingerprint density at radius 3 is 2.90 bits per heavy atom. The number of rotatable bonds is 4. The van der Waals surface area contributed by atoms with Crippen molar-refractivity contribution in [1.29, 1.82) is 0 Å². The molecule has 1 unspecified atom stereocenters. The summed E-state index contributed by atoms with van der Waals surface area (Å²) < 4.78 is 1.89. The second-order valence-electron chi connectivity index (χ2n) is 5.08. The van der Waals surface area contributed by atoms with Gasteiger partial charge in [0.15, 0.2) is 0 Å². The van der Waals surface area contributed by atoms with Crippen LogP contribution in [0, 0.1) is 0 Å². The van der Waals surface area contributed by atoms with E-state index in [9.17, 15) is 0 Å². The zero-order valence-electron chi connectivity index (χ0n) is 12.2. The molecule has 0 spiro atoms. The van der Waals surface area contributed by atoms with Gasteiger partial charge in [0.25, 0.3) is 0 Å². The van der Waals surface area contributed by atoms with Gasteiger partial charge in [-0.1, -0.05) is 25.1 Å². The Kier molecular flexibility index (Phi) is 3.68. The summed E-state index contributed by atoms with van der Waals surface area (Å²) in [4.78, 5) is 4.18. The van der Waals surface area contributed by atoms with Crippen molar-refractivity contribution >= 4 is 10.8 Å². The lowest BCUT2D eigenvalue weighted by molar-refractivity contribution is 0.576.